The smallest absolute Gasteiger partial charge is 0.306 e. The topological polar surface area (TPSA) is 66.4 Å². The van der Waals surface area contributed by atoms with Gasteiger partial charge < -0.3 is 10.4 Å². The highest BCUT2D eigenvalue weighted by Gasteiger charge is 2.30. The number of carbonyl (C=O) groups is 2. The van der Waals surface area contributed by atoms with E-state index in [4.69, 9.17) is 16.7 Å². The predicted octanol–water partition coefficient (Wildman–Crippen LogP) is 5.68. The summed E-state index contributed by atoms with van der Waals surface area (Å²) in [5.41, 5.74) is 0.894. The maximum atomic E-state index is 13.2. The van der Waals surface area contributed by atoms with E-state index in [0.717, 1.165) is 14.9 Å². The molecule has 1 fully saturated rings. The van der Waals surface area contributed by atoms with Crippen molar-refractivity contribution in [3.05, 3.63) is 56.4 Å². The second-order valence-corrected chi connectivity index (χ2v) is 9.23. The standard InChI is InChI=1S/C19H16ClFINO3S/c20-14-9-12(3-5-15(14)21)23-18(24)10-2-6-16(22)17(8-10)27-13-4-1-11(7-13)19(25)26/h2-3,5-6,8-9,11,13H,1,4,7H2,(H,23,24)(H,25,26). The Bertz CT molecular complexity index is 895. The fraction of sp³-hybridized carbons (Fsp3) is 0.263. The fourth-order valence-corrected chi connectivity index (χ4v) is 5.18. The molecule has 2 aromatic carbocycles. The van der Waals surface area contributed by atoms with Gasteiger partial charge in [-0.3, -0.25) is 9.59 Å². The number of nitrogens with one attached hydrogen (secondary N) is 1. The number of halogens is 3. The van der Waals surface area contributed by atoms with Crippen LogP contribution in [0.25, 0.3) is 0 Å². The number of thioether (sulfide) groups is 1. The highest BCUT2D eigenvalue weighted by atomic mass is 127. The predicted molar refractivity (Wildman–Crippen MR) is 113 cm³/mol. The van der Waals surface area contributed by atoms with Gasteiger partial charge in [0.2, 0.25) is 0 Å². The third-order valence-electron chi connectivity index (χ3n) is 4.40. The molecule has 2 unspecified atom stereocenters. The first-order chi connectivity index (χ1) is 12.8. The van der Waals surface area contributed by atoms with E-state index in [1.54, 1.807) is 23.9 Å². The van der Waals surface area contributed by atoms with Gasteiger partial charge in [0.05, 0.1) is 10.9 Å². The molecule has 0 bridgehead atoms. The van der Waals surface area contributed by atoms with E-state index in [9.17, 15) is 14.0 Å². The van der Waals surface area contributed by atoms with Crippen molar-refractivity contribution >= 4 is 63.5 Å². The molecular weight excluding hydrogens is 504 g/mol. The highest BCUT2D eigenvalue weighted by Crippen LogP contribution is 2.39. The van der Waals surface area contributed by atoms with E-state index in [1.165, 1.54) is 18.2 Å². The first kappa shape index (κ1) is 20.4. The molecule has 1 aliphatic carbocycles. The summed E-state index contributed by atoms with van der Waals surface area (Å²) in [7, 11) is 0. The minimum Gasteiger partial charge on any atom is -0.481 e. The third-order valence-corrected chi connectivity index (χ3v) is 7.35. The zero-order valence-corrected chi connectivity index (χ0v) is 17.8. The van der Waals surface area contributed by atoms with Gasteiger partial charge in [0, 0.05) is 25.0 Å². The molecule has 142 valence electrons. The number of hydrogen-bond donors (Lipinski definition) is 2. The van der Waals surface area contributed by atoms with Gasteiger partial charge in [-0.15, -0.1) is 11.8 Å². The Morgan fingerprint density at radius 1 is 1.22 bits per heavy atom. The molecule has 3 rings (SSSR count). The number of carbonyl (C=O) groups excluding carboxylic acids is 1. The molecule has 2 N–H and O–H groups in total. The number of aliphatic carboxylic acids is 1. The van der Waals surface area contributed by atoms with Crippen molar-refractivity contribution < 1.29 is 19.1 Å². The van der Waals surface area contributed by atoms with Gasteiger partial charge in [-0.1, -0.05) is 11.6 Å². The van der Waals surface area contributed by atoms with Crippen molar-refractivity contribution in [1.29, 1.82) is 0 Å². The van der Waals surface area contributed by atoms with E-state index in [2.05, 4.69) is 27.9 Å². The van der Waals surface area contributed by atoms with Gasteiger partial charge in [0.15, 0.2) is 0 Å². The van der Waals surface area contributed by atoms with Gasteiger partial charge in [-0.05, 0) is 78.3 Å². The van der Waals surface area contributed by atoms with Crippen molar-refractivity contribution in [2.75, 3.05) is 5.32 Å². The van der Waals surface area contributed by atoms with Crippen LogP contribution in [-0.2, 0) is 4.79 Å². The zero-order chi connectivity index (χ0) is 19.6. The Hall–Kier alpha value is -1.32. The summed E-state index contributed by atoms with van der Waals surface area (Å²) in [6.07, 6.45) is 2.18. The quantitative estimate of drug-likeness (QED) is 0.499. The molecule has 1 saturated carbocycles. The SMILES string of the molecule is O=C(Nc1ccc(F)c(Cl)c1)c1ccc(I)c(SC2CCC(C(=O)O)C2)c1. The van der Waals surface area contributed by atoms with Crippen LogP contribution in [0.3, 0.4) is 0 Å². The van der Waals surface area contributed by atoms with E-state index < -0.39 is 11.8 Å². The van der Waals surface area contributed by atoms with Crippen LogP contribution < -0.4 is 5.32 Å². The summed E-state index contributed by atoms with van der Waals surface area (Å²) in [4.78, 5) is 24.6. The number of amides is 1. The zero-order valence-electron chi connectivity index (χ0n) is 14.0. The fourth-order valence-electron chi connectivity index (χ4n) is 2.96. The summed E-state index contributed by atoms with van der Waals surface area (Å²) < 4.78 is 14.3. The first-order valence-corrected chi connectivity index (χ1v) is 10.6. The molecule has 8 heteroatoms. The summed E-state index contributed by atoms with van der Waals surface area (Å²) in [5.74, 6) is -1.88. The number of hydrogen-bond acceptors (Lipinski definition) is 3. The lowest BCUT2D eigenvalue weighted by Gasteiger charge is -2.13. The van der Waals surface area contributed by atoms with Crippen molar-refractivity contribution in [1.82, 2.24) is 0 Å². The molecule has 0 radical (unpaired) electrons. The molecule has 2 aromatic rings. The van der Waals surface area contributed by atoms with Crippen LogP contribution in [0.4, 0.5) is 10.1 Å². The van der Waals surface area contributed by atoms with Gasteiger partial charge in [-0.25, -0.2) is 4.39 Å². The maximum absolute atomic E-state index is 13.2. The van der Waals surface area contributed by atoms with Crippen molar-refractivity contribution in [3.63, 3.8) is 0 Å². The Labute approximate surface area is 179 Å². The monoisotopic (exact) mass is 519 g/mol. The number of benzene rings is 2. The Kier molecular flexibility index (Phi) is 6.65. The molecular formula is C19H16ClFINO3S. The van der Waals surface area contributed by atoms with E-state index in [0.29, 0.717) is 24.1 Å². The number of anilines is 1. The normalized spacial score (nSPS) is 19.1. The number of rotatable bonds is 5. The largest absolute Gasteiger partial charge is 0.481 e. The minimum atomic E-state index is -0.737. The lowest BCUT2D eigenvalue weighted by Crippen LogP contribution is -2.12. The van der Waals surface area contributed by atoms with E-state index >= 15 is 0 Å². The molecule has 0 heterocycles. The minimum absolute atomic E-state index is 0.0547. The van der Waals surface area contributed by atoms with Gasteiger partial charge in [0.25, 0.3) is 5.91 Å². The van der Waals surface area contributed by atoms with Gasteiger partial charge in [0.1, 0.15) is 5.82 Å². The third kappa shape index (κ3) is 5.14. The molecule has 0 saturated heterocycles. The summed E-state index contributed by atoms with van der Waals surface area (Å²) in [6.45, 7) is 0. The maximum Gasteiger partial charge on any atom is 0.306 e. The number of carboxylic acid groups (broad SMARTS) is 1. The summed E-state index contributed by atoms with van der Waals surface area (Å²) >= 11 is 9.57. The summed E-state index contributed by atoms with van der Waals surface area (Å²) in [6, 6.07) is 9.40. The van der Waals surface area contributed by atoms with E-state index in [1.807, 2.05) is 6.07 Å². The lowest BCUT2D eigenvalue weighted by molar-refractivity contribution is -0.141. The second kappa shape index (κ2) is 8.79. The average Bonchev–Trinajstić information content (AvgIpc) is 3.09. The molecule has 0 aromatic heterocycles. The van der Waals surface area contributed by atoms with Crippen LogP contribution in [0.15, 0.2) is 41.3 Å². The second-order valence-electron chi connectivity index (χ2n) is 6.32. The van der Waals surface area contributed by atoms with Gasteiger partial charge in [-0.2, -0.15) is 0 Å². The molecule has 27 heavy (non-hydrogen) atoms. The van der Waals surface area contributed by atoms with Crippen LogP contribution in [-0.4, -0.2) is 22.2 Å². The molecule has 4 nitrogen and oxygen atoms in total. The van der Waals surface area contributed by atoms with Gasteiger partial charge >= 0.3 is 5.97 Å². The van der Waals surface area contributed by atoms with Crippen LogP contribution in [0.2, 0.25) is 5.02 Å². The van der Waals surface area contributed by atoms with Crippen LogP contribution >= 0.6 is 46.0 Å². The van der Waals surface area contributed by atoms with Crippen LogP contribution in [0, 0.1) is 15.3 Å². The molecule has 0 spiro atoms. The molecule has 2 atom stereocenters. The van der Waals surface area contributed by atoms with Crippen molar-refractivity contribution in [2.24, 2.45) is 5.92 Å². The number of carboxylic acids is 1. The first-order valence-electron chi connectivity index (χ1n) is 8.29. The summed E-state index contributed by atoms with van der Waals surface area (Å²) in [5, 5.41) is 12.0. The average molecular weight is 520 g/mol. The van der Waals surface area contributed by atoms with E-state index in [-0.39, 0.29) is 22.1 Å². The van der Waals surface area contributed by atoms with Crippen molar-refractivity contribution in [3.8, 4) is 0 Å². The highest BCUT2D eigenvalue weighted by molar-refractivity contribution is 14.1. The Balaban J connectivity index is 1.71. The Morgan fingerprint density at radius 3 is 2.67 bits per heavy atom. The molecule has 0 aliphatic heterocycles. The van der Waals surface area contributed by atoms with Crippen LogP contribution in [0.5, 0.6) is 0 Å². The Morgan fingerprint density at radius 2 is 2.00 bits per heavy atom. The lowest BCUT2D eigenvalue weighted by atomic mass is 10.1. The van der Waals surface area contributed by atoms with Crippen molar-refractivity contribution in [2.45, 2.75) is 29.4 Å². The van der Waals surface area contributed by atoms with Crippen LogP contribution in [0.1, 0.15) is 29.6 Å². The molecule has 1 aliphatic rings. The molecule has 1 amide bonds.